The molecule has 1 aliphatic heterocycles. The number of hydrogen-bond donors (Lipinski definition) is 3. The molecule has 3 amide bonds. The first-order chi connectivity index (χ1) is 13.1. The number of oxime groups is 1. The lowest BCUT2D eigenvalue weighted by molar-refractivity contribution is -0.135. The number of carbonyl (C=O) groups excluding carboxylic acids is 3. The minimum atomic E-state index is -3.70. The smallest absolute Gasteiger partial charge is 0.276 e. The lowest BCUT2D eigenvalue weighted by Gasteiger charge is -2.36. The SMILES string of the molecule is CON=C(C(=O)N[C@H]1C(=O)N[C@H]1COS(C)(=O)=O)c1csc(NC(=O)CCl)n1. The topological polar surface area (TPSA) is 165 Å². The molecule has 0 saturated carbocycles. The average molecular weight is 454 g/mol. The summed E-state index contributed by atoms with van der Waals surface area (Å²) in [6.07, 6.45) is 0.868. The first kappa shape index (κ1) is 22.0. The van der Waals surface area contributed by atoms with Crippen molar-refractivity contribution in [2.45, 2.75) is 12.1 Å². The first-order valence-electron chi connectivity index (χ1n) is 7.53. The summed E-state index contributed by atoms with van der Waals surface area (Å²) in [7, 11) is -2.49. The molecule has 0 spiro atoms. The van der Waals surface area contributed by atoms with E-state index in [1.165, 1.54) is 12.5 Å². The second-order valence-electron chi connectivity index (χ2n) is 5.40. The minimum Gasteiger partial charge on any atom is -0.398 e. The third kappa shape index (κ3) is 5.85. The third-order valence-corrected chi connectivity index (χ3v) is 4.84. The van der Waals surface area contributed by atoms with Crippen LogP contribution < -0.4 is 16.0 Å². The van der Waals surface area contributed by atoms with E-state index < -0.39 is 39.9 Å². The fraction of sp³-hybridized carbons (Fsp3) is 0.462. The van der Waals surface area contributed by atoms with Crippen LogP contribution in [0.1, 0.15) is 5.69 Å². The largest absolute Gasteiger partial charge is 0.398 e. The van der Waals surface area contributed by atoms with Crippen LogP contribution in [-0.2, 0) is 33.5 Å². The highest BCUT2D eigenvalue weighted by Crippen LogP contribution is 2.17. The van der Waals surface area contributed by atoms with Crippen molar-refractivity contribution in [2.75, 3.05) is 31.2 Å². The Morgan fingerprint density at radius 2 is 2.18 bits per heavy atom. The Balaban J connectivity index is 2.08. The van der Waals surface area contributed by atoms with Crippen molar-refractivity contribution < 1.29 is 31.8 Å². The molecule has 1 fully saturated rings. The summed E-state index contributed by atoms with van der Waals surface area (Å²) in [5.74, 6) is -2.04. The highest BCUT2D eigenvalue weighted by molar-refractivity contribution is 7.85. The maximum absolute atomic E-state index is 12.5. The first-order valence-corrected chi connectivity index (χ1v) is 10.8. The number of aromatic nitrogens is 1. The molecule has 0 radical (unpaired) electrons. The maximum Gasteiger partial charge on any atom is 0.276 e. The van der Waals surface area contributed by atoms with Gasteiger partial charge in [-0.25, -0.2) is 4.98 Å². The van der Waals surface area contributed by atoms with Gasteiger partial charge in [0.15, 0.2) is 10.8 Å². The van der Waals surface area contributed by atoms with E-state index >= 15 is 0 Å². The van der Waals surface area contributed by atoms with Gasteiger partial charge in [0, 0.05) is 5.38 Å². The quantitative estimate of drug-likeness (QED) is 0.135. The molecule has 1 aromatic rings. The summed E-state index contributed by atoms with van der Waals surface area (Å²) in [6.45, 7) is -0.336. The Hall–Kier alpha value is -2.29. The molecule has 0 bridgehead atoms. The molecule has 12 nitrogen and oxygen atoms in total. The molecule has 0 aliphatic carbocycles. The van der Waals surface area contributed by atoms with Crippen molar-refractivity contribution in [3.8, 4) is 0 Å². The van der Waals surface area contributed by atoms with Gasteiger partial charge in [-0.15, -0.1) is 22.9 Å². The second kappa shape index (κ2) is 9.27. The maximum atomic E-state index is 12.5. The van der Waals surface area contributed by atoms with Gasteiger partial charge in [-0.05, 0) is 0 Å². The van der Waals surface area contributed by atoms with Gasteiger partial charge in [0.2, 0.25) is 11.8 Å². The average Bonchev–Trinajstić information content (AvgIpc) is 3.07. The zero-order valence-electron chi connectivity index (χ0n) is 14.6. The Bertz CT molecular complexity index is 901. The van der Waals surface area contributed by atoms with Crippen molar-refractivity contribution in [3.63, 3.8) is 0 Å². The number of carbonyl (C=O) groups is 3. The zero-order chi connectivity index (χ0) is 20.9. The van der Waals surface area contributed by atoms with E-state index in [2.05, 4.69) is 35.1 Å². The predicted molar refractivity (Wildman–Crippen MR) is 99.7 cm³/mol. The summed E-state index contributed by atoms with van der Waals surface area (Å²) in [4.78, 5) is 44.2. The molecule has 0 unspecified atom stereocenters. The van der Waals surface area contributed by atoms with Crippen molar-refractivity contribution in [1.29, 1.82) is 0 Å². The van der Waals surface area contributed by atoms with E-state index in [9.17, 15) is 22.8 Å². The van der Waals surface area contributed by atoms with E-state index in [0.29, 0.717) is 0 Å². The number of alkyl halides is 1. The van der Waals surface area contributed by atoms with E-state index in [1.807, 2.05) is 0 Å². The van der Waals surface area contributed by atoms with Crippen LogP contribution in [0.4, 0.5) is 5.13 Å². The van der Waals surface area contributed by atoms with Crippen molar-refractivity contribution >= 4 is 61.6 Å². The highest BCUT2D eigenvalue weighted by atomic mass is 35.5. The Morgan fingerprint density at radius 1 is 1.46 bits per heavy atom. The molecular formula is C13H16ClN5O7S2. The fourth-order valence-electron chi connectivity index (χ4n) is 2.04. The van der Waals surface area contributed by atoms with Gasteiger partial charge < -0.3 is 20.8 Å². The molecule has 1 aromatic heterocycles. The minimum absolute atomic E-state index is 0.0953. The van der Waals surface area contributed by atoms with Crippen LogP contribution in [0.3, 0.4) is 0 Å². The molecule has 15 heteroatoms. The van der Waals surface area contributed by atoms with Crippen LogP contribution in [0.5, 0.6) is 0 Å². The van der Waals surface area contributed by atoms with E-state index in [0.717, 1.165) is 17.6 Å². The zero-order valence-corrected chi connectivity index (χ0v) is 17.0. The number of thiazole rings is 1. The normalized spacial score (nSPS) is 19.4. The number of halogens is 1. The molecule has 1 aliphatic rings. The van der Waals surface area contributed by atoms with Crippen LogP contribution in [0, 0.1) is 0 Å². The van der Waals surface area contributed by atoms with Gasteiger partial charge in [-0.1, -0.05) is 5.16 Å². The third-order valence-electron chi connectivity index (χ3n) is 3.27. The predicted octanol–water partition coefficient (Wildman–Crippen LogP) is -1.37. The van der Waals surface area contributed by atoms with Gasteiger partial charge in [0.25, 0.3) is 16.0 Å². The molecule has 3 N–H and O–H groups in total. The Labute approximate surface area is 168 Å². The molecule has 2 atom stereocenters. The number of nitrogens with one attached hydrogen (secondary N) is 3. The molecule has 0 aromatic carbocycles. The van der Waals surface area contributed by atoms with E-state index in [4.69, 9.17) is 11.6 Å². The van der Waals surface area contributed by atoms with Crippen LogP contribution in [0.2, 0.25) is 0 Å². The lowest BCUT2D eigenvalue weighted by atomic mass is 9.99. The van der Waals surface area contributed by atoms with Gasteiger partial charge in [-0.2, -0.15) is 8.42 Å². The number of nitrogens with zero attached hydrogens (tertiary/aromatic N) is 2. The van der Waals surface area contributed by atoms with E-state index in [1.54, 1.807) is 0 Å². The summed E-state index contributed by atoms with van der Waals surface area (Å²) in [6, 6.07) is -1.76. The van der Waals surface area contributed by atoms with Crippen molar-refractivity contribution in [3.05, 3.63) is 11.1 Å². The van der Waals surface area contributed by atoms with Gasteiger partial charge in [0.05, 0.1) is 18.9 Å². The molecule has 1 saturated heterocycles. The molecule has 2 heterocycles. The lowest BCUT2D eigenvalue weighted by Crippen LogP contribution is -2.71. The number of anilines is 1. The number of β-lactam (4-membered cyclic amide) rings is 1. The summed E-state index contributed by atoms with van der Waals surface area (Å²) < 4.78 is 26.8. The van der Waals surface area contributed by atoms with Crippen LogP contribution in [0.25, 0.3) is 0 Å². The standard InChI is InChI=1S/C13H16ClN5O7S2/c1-25-19-10(7-5-27-13(16-7)17-8(20)3-14)12(22)18-9-6(15-11(9)21)4-26-28(2,23)24/h5-6,9H,3-4H2,1-2H3,(H,15,21)(H,18,22)(H,16,17,20)/t6-,9+/m0/s1. The van der Waals surface area contributed by atoms with Gasteiger partial charge >= 0.3 is 0 Å². The van der Waals surface area contributed by atoms with Gasteiger partial charge in [-0.3, -0.25) is 18.6 Å². The number of rotatable bonds is 9. The van der Waals surface area contributed by atoms with Crippen LogP contribution >= 0.6 is 22.9 Å². The summed E-state index contributed by atoms with van der Waals surface area (Å²) in [5, 5.41) is 12.5. The summed E-state index contributed by atoms with van der Waals surface area (Å²) >= 11 is 6.43. The monoisotopic (exact) mass is 453 g/mol. The second-order valence-corrected chi connectivity index (χ2v) is 8.17. The molecule has 28 heavy (non-hydrogen) atoms. The van der Waals surface area contributed by atoms with E-state index in [-0.39, 0.29) is 29.0 Å². The Morgan fingerprint density at radius 3 is 2.75 bits per heavy atom. The van der Waals surface area contributed by atoms with Crippen molar-refractivity contribution in [1.82, 2.24) is 15.6 Å². The Kier molecular flexibility index (Phi) is 7.29. The molecular weight excluding hydrogens is 438 g/mol. The van der Waals surface area contributed by atoms with Crippen molar-refractivity contribution in [2.24, 2.45) is 5.16 Å². The number of hydrogen-bond acceptors (Lipinski definition) is 10. The van der Waals surface area contributed by atoms with Gasteiger partial charge in [0.1, 0.15) is 24.7 Å². The molecule has 2 rings (SSSR count). The molecule has 154 valence electrons. The fourth-order valence-corrected chi connectivity index (χ4v) is 3.21. The highest BCUT2D eigenvalue weighted by Gasteiger charge is 2.42. The van der Waals surface area contributed by atoms with Crippen LogP contribution in [0.15, 0.2) is 10.5 Å². The summed E-state index contributed by atoms with van der Waals surface area (Å²) in [5.41, 5.74) is -0.148. The van der Waals surface area contributed by atoms with Crippen LogP contribution in [-0.4, -0.2) is 74.8 Å². The number of amides is 3.